The Hall–Kier alpha value is -2.66. The molecule has 174 valence electrons. The quantitative estimate of drug-likeness (QED) is 0.736. The number of halogens is 3. The number of benzene rings is 1. The van der Waals surface area contributed by atoms with Gasteiger partial charge in [0.05, 0.1) is 12.6 Å². The molecule has 2 saturated heterocycles. The van der Waals surface area contributed by atoms with Crippen LogP contribution in [0.2, 0.25) is 0 Å². The summed E-state index contributed by atoms with van der Waals surface area (Å²) in [4.78, 5) is 30.1. The average Bonchev–Trinajstić information content (AvgIpc) is 3.42. The highest BCUT2D eigenvalue weighted by atomic mass is 32.1. The number of hydrogen-bond acceptors (Lipinski definition) is 6. The van der Waals surface area contributed by atoms with Crippen molar-refractivity contribution >= 4 is 23.2 Å². The molecule has 1 amide bonds. The van der Waals surface area contributed by atoms with Crippen LogP contribution >= 0.6 is 11.3 Å². The van der Waals surface area contributed by atoms with Crippen molar-refractivity contribution in [2.24, 2.45) is 11.8 Å². The number of carbonyl (C=O) groups is 2. The third-order valence-electron chi connectivity index (χ3n) is 5.62. The first-order valence-corrected chi connectivity index (χ1v) is 10.9. The summed E-state index contributed by atoms with van der Waals surface area (Å²) in [6.07, 6.45) is -3.99. The van der Waals surface area contributed by atoms with Crippen molar-refractivity contribution in [3.8, 4) is 5.75 Å². The molecule has 0 spiro atoms. The number of hydrogen-bond donors (Lipinski definition) is 1. The van der Waals surface area contributed by atoms with Gasteiger partial charge in [-0.15, -0.1) is 11.3 Å². The van der Waals surface area contributed by atoms with Crippen LogP contribution in [0.4, 0.5) is 13.2 Å². The van der Waals surface area contributed by atoms with Crippen LogP contribution in [0.1, 0.15) is 22.5 Å². The van der Waals surface area contributed by atoms with E-state index in [1.807, 2.05) is 22.4 Å². The molecule has 1 aromatic heterocycles. The summed E-state index contributed by atoms with van der Waals surface area (Å²) < 4.78 is 37.0. The lowest BCUT2D eigenvalue weighted by atomic mass is 9.88. The number of fused-ring (bicyclic) bond motifs is 1. The molecule has 0 saturated carbocycles. The lowest BCUT2D eigenvalue weighted by Gasteiger charge is -2.34. The van der Waals surface area contributed by atoms with Crippen molar-refractivity contribution in [1.29, 1.82) is 0 Å². The zero-order chi connectivity index (χ0) is 23.3. The van der Waals surface area contributed by atoms with Gasteiger partial charge >= 0.3 is 12.1 Å². The predicted octanol–water partition coefficient (Wildman–Crippen LogP) is 3.38. The van der Waals surface area contributed by atoms with Gasteiger partial charge in [-0.3, -0.25) is 9.69 Å². The molecule has 32 heavy (non-hydrogen) atoms. The number of likely N-dealkylation sites (tertiary alicyclic amines) is 2. The molecule has 2 aliphatic heterocycles. The molecule has 2 atom stereocenters. The summed E-state index contributed by atoms with van der Waals surface area (Å²) >= 11 is 1.48. The summed E-state index contributed by atoms with van der Waals surface area (Å²) in [6, 6.07) is 8.32. The fraction of sp³-hybridized carbons (Fsp3) is 0.476. The van der Waals surface area contributed by atoms with Gasteiger partial charge in [0.2, 0.25) is 0 Å². The monoisotopic (exact) mass is 471 g/mol. The van der Waals surface area contributed by atoms with E-state index in [1.165, 1.54) is 16.9 Å². The molecule has 1 aromatic carbocycles. The molecular weight excluding hydrogens is 447 g/mol. The van der Waals surface area contributed by atoms with Gasteiger partial charge in [-0.05, 0) is 36.0 Å². The summed E-state index contributed by atoms with van der Waals surface area (Å²) in [5.74, 6) is -0.483. The van der Waals surface area contributed by atoms with E-state index < -0.39 is 12.1 Å². The number of carboxylic acids is 1. The van der Waals surface area contributed by atoms with Gasteiger partial charge in [-0.1, -0.05) is 12.1 Å². The number of thiazole rings is 1. The Kier molecular flexibility index (Phi) is 7.73. The Labute approximate surface area is 187 Å². The first-order valence-electron chi connectivity index (χ1n) is 10.00. The van der Waals surface area contributed by atoms with E-state index >= 15 is 0 Å². The maximum absolute atomic E-state index is 12.5. The second kappa shape index (κ2) is 10.3. The van der Waals surface area contributed by atoms with Crippen LogP contribution in [0.3, 0.4) is 0 Å². The highest BCUT2D eigenvalue weighted by Gasteiger charge is 2.39. The number of aromatic nitrogens is 1. The second-order valence-electron chi connectivity index (χ2n) is 7.78. The van der Waals surface area contributed by atoms with Crippen LogP contribution in [0.15, 0.2) is 35.2 Å². The molecule has 0 radical (unpaired) electrons. The van der Waals surface area contributed by atoms with E-state index in [9.17, 15) is 18.0 Å². The van der Waals surface area contributed by atoms with Crippen LogP contribution in [0, 0.1) is 11.8 Å². The fourth-order valence-corrected chi connectivity index (χ4v) is 4.57. The van der Waals surface area contributed by atoms with Gasteiger partial charge < -0.3 is 14.7 Å². The van der Waals surface area contributed by atoms with Gasteiger partial charge in [-0.2, -0.15) is 13.2 Å². The third-order valence-corrected chi connectivity index (χ3v) is 6.21. The zero-order valence-corrected chi connectivity index (χ0v) is 18.2. The zero-order valence-electron chi connectivity index (χ0n) is 17.4. The van der Waals surface area contributed by atoms with E-state index in [2.05, 4.69) is 22.0 Å². The van der Waals surface area contributed by atoms with Gasteiger partial charge in [0.1, 0.15) is 11.4 Å². The number of aliphatic carboxylic acids is 1. The van der Waals surface area contributed by atoms with E-state index in [0.29, 0.717) is 17.5 Å². The van der Waals surface area contributed by atoms with Gasteiger partial charge in [0.15, 0.2) is 0 Å². The van der Waals surface area contributed by atoms with Gasteiger partial charge in [0, 0.05) is 38.1 Å². The summed E-state index contributed by atoms with van der Waals surface area (Å²) in [7, 11) is 1.69. The third kappa shape index (κ3) is 6.19. The van der Waals surface area contributed by atoms with E-state index in [0.717, 1.165) is 44.9 Å². The number of methoxy groups -OCH3 is 1. The molecular formula is C21H24F3N3O4S. The molecule has 2 aromatic rings. The van der Waals surface area contributed by atoms with Crippen LogP contribution in [-0.4, -0.2) is 71.2 Å². The minimum absolute atomic E-state index is 0.0910. The molecule has 0 unspecified atom stereocenters. The van der Waals surface area contributed by atoms with Crippen molar-refractivity contribution in [3.63, 3.8) is 0 Å². The minimum Gasteiger partial charge on any atom is -0.497 e. The van der Waals surface area contributed by atoms with Crippen LogP contribution in [0.5, 0.6) is 5.75 Å². The molecule has 1 N–H and O–H groups in total. The first kappa shape index (κ1) is 24.0. The smallest absolute Gasteiger partial charge is 0.490 e. The fourth-order valence-electron chi connectivity index (χ4n) is 4.05. The number of ether oxygens (including phenoxy) is 1. The normalized spacial score (nSPS) is 20.8. The second-order valence-corrected chi connectivity index (χ2v) is 8.50. The van der Waals surface area contributed by atoms with Crippen molar-refractivity contribution in [2.45, 2.75) is 19.1 Å². The minimum atomic E-state index is -5.08. The Morgan fingerprint density at radius 1 is 1.19 bits per heavy atom. The largest absolute Gasteiger partial charge is 0.497 e. The van der Waals surface area contributed by atoms with Crippen molar-refractivity contribution < 1.29 is 32.6 Å². The Morgan fingerprint density at radius 3 is 2.41 bits per heavy atom. The van der Waals surface area contributed by atoms with Gasteiger partial charge in [-0.25, -0.2) is 9.78 Å². The number of carbonyl (C=O) groups excluding carboxylic acids is 1. The Bertz CT molecular complexity index is 906. The van der Waals surface area contributed by atoms with Gasteiger partial charge in [0.25, 0.3) is 5.91 Å². The summed E-state index contributed by atoms with van der Waals surface area (Å²) in [6.45, 7) is 4.89. The van der Waals surface area contributed by atoms with Crippen LogP contribution in [0.25, 0.3) is 0 Å². The lowest BCUT2D eigenvalue weighted by Crippen LogP contribution is -2.43. The van der Waals surface area contributed by atoms with Crippen molar-refractivity contribution in [2.75, 3.05) is 33.3 Å². The Morgan fingerprint density at radius 2 is 1.84 bits per heavy atom. The molecule has 0 aliphatic carbocycles. The topological polar surface area (TPSA) is 83.0 Å². The number of piperidine rings is 1. The molecule has 4 rings (SSSR count). The van der Waals surface area contributed by atoms with Crippen LogP contribution in [-0.2, 0) is 11.3 Å². The summed E-state index contributed by atoms with van der Waals surface area (Å²) in [5, 5.41) is 8.97. The van der Waals surface area contributed by atoms with E-state index in [4.69, 9.17) is 14.6 Å². The molecule has 0 bridgehead atoms. The highest BCUT2D eigenvalue weighted by molar-refractivity contribution is 7.07. The predicted molar refractivity (Wildman–Crippen MR) is 112 cm³/mol. The SMILES string of the molecule is COc1ccc(CN2C[C@H]3CCN(C(=O)c4cscn4)C[C@H]3C2)cc1.O=C(O)C(F)(F)F. The number of nitrogens with zero attached hydrogens (tertiary/aromatic N) is 3. The molecule has 7 nitrogen and oxygen atoms in total. The number of rotatable bonds is 4. The first-order chi connectivity index (χ1) is 15.2. The van der Waals surface area contributed by atoms with E-state index in [1.54, 1.807) is 12.6 Å². The summed E-state index contributed by atoms with van der Waals surface area (Å²) in [5.41, 5.74) is 3.64. The Balaban J connectivity index is 0.000000360. The molecule has 2 aliphatic rings. The van der Waals surface area contributed by atoms with Crippen molar-refractivity contribution in [3.05, 3.63) is 46.4 Å². The standard InChI is InChI=1S/C19H23N3O2S.C2HF3O2/c1-24-17-4-2-14(3-5-17)8-21-9-15-6-7-22(11-16(15)10-21)19(23)18-12-25-13-20-18;3-2(4,5)1(6)7/h2-5,12-13,15-16H,6-11H2,1H3;(H,6,7)/t15-,16-;/m1./s1. The van der Waals surface area contributed by atoms with Crippen LogP contribution < -0.4 is 4.74 Å². The molecule has 2 fully saturated rings. The molecule has 3 heterocycles. The maximum Gasteiger partial charge on any atom is 0.490 e. The maximum atomic E-state index is 12.5. The van der Waals surface area contributed by atoms with Crippen molar-refractivity contribution in [1.82, 2.24) is 14.8 Å². The highest BCUT2D eigenvalue weighted by Crippen LogP contribution is 2.32. The number of carboxylic acid groups (broad SMARTS) is 1. The average molecular weight is 472 g/mol. The lowest BCUT2D eigenvalue weighted by molar-refractivity contribution is -0.192. The number of alkyl halides is 3. The van der Waals surface area contributed by atoms with E-state index in [-0.39, 0.29) is 5.91 Å². The molecule has 11 heteroatoms. The number of amides is 1.